The molecule has 0 bridgehead atoms. The minimum Gasteiger partial charge on any atom is -0.348 e. The second-order valence-corrected chi connectivity index (χ2v) is 7.93. The summed E-state index contributed by atoms with van der Waals surface area (Å²) in [6, 6.07) is 24.7. The molecule has 0 atom stereocenters. The summed E-state index contributed by atoms with van der Waals surface area (Å²) in [5.74, 6) is 0.638. The van der Waals surface area contributed by atoms with Crippen LogP contribution in [0, 0.1) is 0 Å². The topological polar surface area (TPSA) is 71.3 Å². The molecule has 162 valence electrons. The van der Waals surface area contributed by atoms with Crippen LogP contribution in [0.15, 0.2) is 97.5 Å². The van der Waals surface area contributed by atoms with Gasteiger partial charge in [0.2, 0.25) is 0 Å². The molecule has 0 aliphatic rings. The van der Waals surface area contributed by atoms with E-state index in [4.69, 9.17) is 16.6 Å². The van der Waals surface area contributed by atoms with Crippen LogP contribution >= 0.6 is 11.6 Å². The molecule has 0 aliphatic heterocycles. The highest BCUT2D eigenvalue weighted by Gasteiger charge is 2.15. The van der Waals surface area contributed by atoms with Gasteiger partial charge in [-0.15, -0.1) is 0 Å². The molecule has 3 aromatic carbocycles. The Morgan fingerprint density at radius 2 is 1.79 bits per heavy atom. The summed E-state index contributed by atoms with van der Waals surface area (Å²) < 4.78 is 1.93. The molecule has 6 nitrogen and oxygen atoms in total. The van der Waals surface area contributed by atoms with E-state index in [-0.39, 0.29) is 5.91 Å². The molecular weight excluding hydrogens is 434 g/mol. The zero-order valence-electron chi connectivity index (χ0n) is 17.6. The van der Waals surface area contributed by atoms with E-state index in [0.717, 1.165) is 28.3 Å². The average molecular weight is 454 g/mol. The van der Waals surface area contributed by atoms with Gasteiger partial charge in [0.1, 0.15) is 11.5 Å². The van der Waals surface area contributed by atoms with E-state index in [2.05, 4.69) is 15.6 Å². The van der Waals surface area contributed by atoms with Crippen LogP contribution in [0.3, 0.4) is 0 Å². The lowest BCUT2D eigenvalue weighted by atomic mass is 10.1. The maximum absolute atomic E-state index is 12.7. The van der Waals surface area contributed by atoms with Crippen molar-refractivity contribution in [1.82, 2.24) is 19.7 Å². The SMILES string of the molecule is O=C(NCc1ccccc1)c1cccc(Nc2c(-c3ccc(Cl)cc3)nc3cnccn23)c1. The molecule has 2 heterocycles. The van der Waals surface area contributed by atoms with Crippen molar-refractivity contribution in [1.29, 1.82) is 0 Å². The molecule has 7 heteroatoms. The number of anilines is 2. The largest absolute Gasteiger partial charge is 0.348 e. The van der Waals surface area contributed by atoms with E-state index in [9.17, 15) is 4.79 Å². The Morgan fingerprint density at radius 1 is 0.970 bits per heavy atom. The molecule has 33 heavy (non-hydrogen) atoms. The molecule has 0 aliphatic carbocycles. The summed E-state index contributed by atoms with van der Waals surface area (Å²) in [7, 11) is 0. The highest BCUT2D eigenvalue weighted by Crippen LogP contribution is 2.31. The number of imidazole rings is 1. The molecule has 5 aromatic rings. The maximum Gasteiger partial charge on any atom is 0.251 e. The third-order valence-corrected chi connectivity index (χ3v) is 5.48. The zero-order chi connectivity index (χ0) is 22.6. The molecule has 0 radical (unpaired) electrons. The lowest BCUT2D eigenvalue weighted by molar-refractivity contribution is 0.0951. The Labute approximate surface area is 195 Å². The van der Waals surface area contributed by atoms with Crippen molar-refractivity contribution in [2.75, 3.05) is 5.32 Å². The molecule has 5 rings (SSSR count). The van der Waals surface area contributed by atoms with E-state index < -0.39 is 0 Å². The van der Waals surface area contributed by atoms with Crippen molar-refractivity contribution in [3.63, 3.8) is 0 Å². The zero-order valence-corrected chi connectivity index (χ0v) is 18.3. The van der Waals surface area contributed by atoms with Gasteiger partial charge in [-0.25, -0.2) is 4.98 Å². The molecule has 0 unspecified atom stereocenters. The number of halogens is 1. The van der Waals surface area contributed by atoms with Crippen LogP contribution in [-0.4, -0.2) is 20.3 Å². The summed E-state index contributed by atoms with van der Waals surface area (Å²) in [6.45, 7) is 0.471. The molecule has 0 saturated heterocycles. The second kappa shape index (κ2) is 9.14. The maximum atomic E-state index is 12.7. The number of carbonyl (C=O) groups excluding carboxylic acids is 1. The first-order valence-corrected chi connectivity index (χ1v) is 10.8. The predicted octanol–water partition coefficient (Wildman–Crippen LogP) is 5.72. The van der Waals surface area contributed by atoms with Crippen molar-refractivity contribution in [3.05, 3.63) is 114 Å². The smallest absolute Gasteiger partial charge is 0.251 e. The number of nitrogens with one attached hydrogen (secondary N) is 2. The number of amides is 1. The normalized spacial score (nSPS) is 10.8. The van der Waals surface area contributed by atoms with E-state index in [1.807, 2.05) is 83.4 Å². The summed E-state index contributed by atoms with van der Waals surface area (Å²) in [5, 5.41) is 7.07. The first-order valence-electron chi connectivity index (χ1n) is 10.4. The van der Waals surface area contributed by atoms with E-state index in [0.29, 0.717) is 22.8 Å². The number of benzene rings is 3. The van der Waals surface area contributed by atoms with Gasteiger partial charge in [0, 0.05) is 40.8 Å². The van der Waals surface area contributed by atoms with E-state index in [1.165, 1.54) is 0 Å². The highest BCUT2D eigenvalue weighted by atomic mass is 35.5. The van der Waals surface area contributed by atoms with Gasteiger partial charge in [0.05, 0.1) is 6.20 Å². The second-order valence-electron chi connectivity index (χ2n) is 7.49. The minimum atomic E-state index is -0.136. The van der Waals surface area contributed by atoms with E-state index in [1.54, 1.807) is 18.5 Å². The summed E-state index contributed by atoms with van der Waals surface area (Å²) >= 11 is 6.07. The average Bonchev–Trinajstić information content (AvgIpc) is 3.22. The van der Waals surface area contributed by atoms with Gasteiger partial charge in [-0.05, 0) is 35.9 Å². The Morgan fingerprint density at radius 3 is 2.61 bits per heavy atom. The fourth-order valence-corrected chi connectivity index (χ4v) is 3.72. The van der Waals surface area contributed by atoms with Gasteiger partial charge in [0.25, 0.3) is 5.91 Å². The lowest BCUT2D eigenvalue weighted by Crippen LogP contribution is -2.22. The Kier molecular flexibility index (Phi) is 5.74. The number of rotatable bonds is 6. The van der Waals surface area contributed by atoms with Gasteiger partial charge >= 0.3 is 0 Å². The molecule has 1 amide bonds. The van der Waals surface area contributed by atoms with Gasteiger partial charge < -0.3 is 10.6 Å². The molecule has 2 aromatic heterocycles. The molecular formula is C26H20ClN5O. The van der Waals surface area contributed by atoms with Crippen molar-refractivity contribution >= 4 is 34.7 Å². The standard InChI is InChI=1S/C26H20ClN5O/c27-21-11-9-19(10-12-21)24-25(32-14-13-28-17-23(32)31-24)30-22-8-4-7-20(15-22)26(33)29-16-18-5-2-1-3-6-18/h1-15,17,30H,16H2,(H,29,33). The summed E-state index contributed by atoms with van der Waals surface area (Å²) in [5.41, 5.74) is 4.78. The van der Waals surface area contributed by atoms with Gasteiger partial charge in [-0.3, -0.25) is 14.2 Å². The van der Waals surface area contributed by atoms with Crippen LogP contribution < -0.4 is 10.6 Å². The number of aromatic nitrogens is 3. The van der Waals surface area contributed by atoms with Crippen LogP contribution in [-0.2, 0) is 6.54 Å². The Balaban J connectivity index is 1.43. The number of fused-ring (bicyclic) bond motifs is 1. The highest BCUT2D eigenvalue weighted by molar-refractivity contribution is 6.30. The van der Waals surface area contributed by atoms with Crippen LogP contribution in [0.4, 0.5) is 11.5 Å². The number of hydrogen-bond acceptors (Lipinski definition) is 4. The van der Waals surface area contributed by atoms with E-state index >= 15 is 0 Å². The van der Waals surface area contributed by atoms with Crippen molar-refractivity contribution < 1.29 is 4.79 Å². The number of nitrogens with zero attached hydrogens (tertiary/aromatic N) is 3. The van der Waals surface area contributed by atoms with Crippen LogP contribution in [0.5, 0.6) is 0 Å². The molecule has 0 fully saturated rings. The fourth-order valence-electron chi connectivity index (χ4n) is 3.59. The minimum absolute atomic E-state index is 0.136. The summed E-state index contributed by atoms with van der Waals surface area (Å²) in [6.07, 6.45) is 5.26. The fraction of sp³-hybridized carbons (Fsp3) is 0.0385. The lowest BCUT2D eigenvalue weighted by Gasteiger charge is -2.11. The quantitative estimate of drug-likeness (QED) is 0.345. The van der Waals surface area contributed by atoms with Crippen molar-refractivity contribution in [2.45, 2.75) is 6.54 Å². The number of carbonyl (C=O) groups is 1. The predicted molar refractivity (Wildman–Crippen MR) is 131 cm³/mol. The molecule has 2 N–H and O–H groups in total. The van der Waals surface area contributed by atoms with Gasteiger partial charge in [-0.2, -0.15) is 0 Å². The van der Waals surface area contributed by atoms with Crippen LogP contribution in [0.25, 0.3) is 16.9 Å². The van der Waals surface area contributed by atoms with Crippen molar-refractivity contribution in [2.24, 2.45) is 0 Å². The Bertz CT molecular complexity index is 1410. The first-order chi connectivity index (χ1) is 16.2. The first kappa shape index (κ1) is 20.7. The third-order valence-electron chi connectivity index (χ3n) is 5.23. The third kappa shape index (κ3) is 4.56. The molecule has 0 spiro atoms. The van der Waals surface area contributed by atoms with Gasteiger partial charge in [-0.1, -0.05) is 60.1 Å². The van der Waals surface area contributed by atoms with Crippen LogP contribution in [0.2, 0.25) is 5.02 Å². The Hall–Kier alpha value is -4.16. The van der Waals surface area contributed by atoms with Crippen LogP contribution in [0.1, 0.15) is 15.9 Å². The van der Waals surface area contributed by atoms with Gasteiger partial charge in [0.15, 0.2) is 5.65 Å². The number of hydrogen-bond donors (Lipinski definition) is 2. The molecule has 0 saturated carbocycles. The van der Waals surface area contributed by atoms with Crippen molar-refractivity contribution in [3.8, 4) is 11.3 Å². The summed E-state index contributed by atoms with van der Waals surface area (Å²) in [4.78, 5) is 21.7. The monoisotopic (exact) mass is 453 g/mol.